The summed E-state index contributed by atoms with van der Waals surface area (Å²) in [5.41, 5.74) is 5.25. The standard InChI is InChI=1S/C26H23FN4O2/c1-17-9-19(11-21(10-17)31-8-6-22(32)16-31)18-3-4-26(24(27)12-18)33-23-5-7-28-25(13-23)20-14-29-30(2)15-20/h3-5,7,9-15H,6,8,16H2,1-2H3. The number of anilines is 1. The van der Waals surface area contributed by atoms with E-state index >= 15 is 0 Å². The molecule has 5 rings (SSSR count). The van der Waals surface area contributed by atoms with Crippen LogP contribution in [0.3, 0.4) is 0 Å². The number of hydrogen-bond acceptors (Lipinski definition) is 5. The van der Waals surface area contributed by atoms with Crippen molar-refractivity contribution in [2.75, 3.05) is 18.0 Å². The Morgan fingerprint density at radius 3 is 2.64 bits per heavy atom. The summed E-state index contributed by atoms with van der Waals surface area (Å²) in [5.74, 6) is 0.423. The lowest BCUT2D eigenvalue weighted by molar-refractivity contribution is -0.116. The van der Waals surface area contributed by atoms with Gasteiger partial charge in [0.05, 0.1) is 18.4 Å². The van der Waals surface area contributed by atoms with Gasteiger partial charge in [-0.05, 0) is 53.9 Å². The molecule has 4 aromatic rings. The van der Waals surface area contributed by atoms with Gasteiger partial charge in [-0.2, -0.15) is 5.10 Å². The van der Waals surface area contributed by atoms with Gasteiger partial charge >= 0.3 is 0 Å². The second-order valence-corrected chi connectivity index (χ2v) is 8.29. The van der Waals surface area contributed by atoms with Gasteiger partial charge < -0.3 is 9.64 Å². The van der Waals surface area contributed by atoms with E-state index in [0.29, 0.717) is 24.4 Å². The Balaban J connectivity index is 1.39. The van der Waals surface area contributed by atoms with Crippen LogP contribution in [-0.4, -0.2) is 33.6 Å². The highest BCUT2D eigenvalue weighted by Gasteiger charge is 2.20. The topological polar surface area (TPSA) is 60.3 Å². The number of carbonyl (C=O) groups excluding carboxylic acids is 1. The summed E-state index contributed by atoms with van der Waals surface area (Å²) in [7, 11) is 1.84. The van der Waals surface area contributed by atoms with Gasteiger partial charge in [0.1, 0.15) is 5.75 Å². The molecule has 0 aliphatic carbocycles. The Kier molecular flexibility index (Phi) is 5.38. The zero-order chi connectivity index (χ0) is 22.9. The largest absolute Gasteiger partial charge is 0.454 e. The van der Waals surface area contributed by atoms with Crippen molar-refractivity contribution >= 4 is 11.5 Å². The molecule has 6 nitrogen and oxygen atoms in total. The van der Waals surface area contributed by atoms with Gasteiger partial charge in [-0.3, -0.25) is 14.5 Å². The first-order chi connectivity index (χ1) is 15.9. The number of aromatic nitrogens is 3. The minimum Gasteiger partial charge on any atom is -0.454 e. The third-order valence-electron chi connectivity index (χ3n) is 5.68. The first-order valence-corrected chi connectivity index (χ1v) is 10.8. The maximum atomic E-state index is 15.0. The van der Waals surface area contributed by atoms with Crippen LogP contribution >= 0.6 is 0 Å². The Bertz CT molecular complexity index is 1350. The van der Waals surface area contributed by atoms with Crippen LogP contribution in [-0.2, 0) is 11.8 Å². The van der Waals surface area contributed by atoms with Gasteiger partial charge in [-0.25, -0.2) is 4.39 Å². The average Bonchev–Trinajstić information content (AvgIpc) is 3.43. The van der Waals surface area contributed by atoms with Crippen LogP contribution in [0.1, 0.15) is 12.0 Å². The van der Waals surface area contributed by atoms with E-state index in [1.807, 2.05) is 38.4 Å². The SMILES string of the molecule is Cc1cc(-c2ccc(Oc3ccnc(-c4cnn(C)c4)c3)c(F)c2)cc(N2CCC(=O)C2)c1. The molecular formula is C26H23FN4O2. The molecule has 7 heteroatoms. The number of pyridine rings is 1. The summed E-state index contributed by atoms with van der Waals surface area (Å²) in [6, 6.07) is 14.5. The Morgan fingerprint density at radius 1 is 1.03 bits per heavy atom. The van der Waals surface area contributed by atoms with Crippen molar-refractivity contribution in [3.63, 3.8) is 0 Å². The first kappa shape index (κ1) is 20.9. The summed E-state index contributed by atoms with van der Waals surface area (Å²) < 4.78 is 22.5. The number of benzene rings is 2. The second-order valence-electron chi connectivity index (χ2n) is 8.29. The Hall–Kier alpha value is -4.00. The van der Waals surface area contributed by atoms with Gasteiger partial charge in [-0.15, -0.1) is 0 Å². The van der Waals surface area contributed by atoms with Crippen LogP contribution in [0.5, 0.6) is 11.5 Å². The van der Waals surface area contributed by atoms with Gasteiger partial charge in [-0.1, -0.05) is 12.1 Å². The van der Waals surface area contributed by atoms with Crippen molar-refractivity contribution in [2.24, 2.45) is 7.05 Å². The highest BCUT2D eigenvalue weighted by molar-refractivity contribution is 5.87. The highest BCUT2D eigenvalue weighted by Crippen LogP contribution is 2.33. The summed E-state index contributed by atoms with van der Waals surface area (Å²) in [4.78, 5) is 18.1. The van der Waals surface area contributed by atoms with Crippen LogP contribution in [0.25, 0.3) is 22.4 Å². The summed E-state index contributed by atoms with van der Waals surface area (Å²) in [6.45, 7) is 3.15. The lowest BCUT2D eigenvalue weighted by Crippen LogP contribution is -2.19. The fraction of sp³-hybridized carbons (Fsp3) is 0.192. The van der Waals surface area contributed by atoms with E-state index in [1.54, 1.807) is 35.3 Å². The molecule has 2 aromatic heterocycles. The van der Waals surface area contributed by atoms with Crippen molar-refractivity contribution in [3.05, 3.63) is 78.5 Å². The number of carbonyl (C=O) groups is 1. The molecule has 0 amide bonds. The molecule has 0 radical (unpaired) electrons. The van der Waals surface area contributed by atoms with E-state index in [-0.39, 0.29) is 11.5 Å². The zero-order valence-corrected chi connectivity index (χ0v) is 18.5. The number of halogens is 1. The van der Waals surface area contributed by atoms with Crippen molar-refractivity contribution in [1.82, 2.24) is 14.8 Å². The maximum Gasteiger partial charge on any atom is 0.166 e. The molecule has 3 heterocycles. The number of hydrogen-bond donors (Lipinski definition) is 0. The monoisotopic (exact) mass is 442 g/mol. The van der Waals surface area contributed by atoms with E-state index < -0.39 is 5.82 Å². The van der Waals surface area contributed by atoms with Crippen molar-refractivity contribution < 1.29 is 13.9 Å². The van der Waals surface area contributed by atoms with Crippen LogP contribution < -0.4 is 9.64 Å². The van der Waals surface area contributed by atoms with E-state index in [0.717, 1.165) is 34.5 Å². The lowest BCUT2D eigenvalue weighted by atomic mass is 10.0. The number of Topliss-reactive ketones (excluding diaryl/α,β-unsaturated/α-hetero) is 1. The van der Waals surface area contributed by atoms with Crippen molar-refractivity contribution in [3.8, 4) is 33.9 Å². The summed E-state index contributed by atoms with van der Waals surface area (Å²) in [5, 5.41) is 4.16. The van der Waals surface area contributed by atoms with Crippen molar-refractivity contribution in [2.45, 2.75) is 13.3 Å². The normalized spacial score (nSPS) is 13.5. The molecule has 1 aliphatic rings. The van der Waals surface area contributed by atoms with E-state index in [2.05, 4.69) is 21.0 Å². The molecular weight excluding hydrogens is 419 g/mol. The average molecular weight is 442 g/mol. The molecule has 1 saturated heterocycles. The van der Waals surface area contributed by atoms with Crippen LogP contribution in [0.15, 0.2) is 67.1 Å². The summed E-state index contributed by atoms with van der Waals surface area (Å²) in [6.07, 6.45) is 5.77. The molecule has 0 atom stereocenters. The quantitative estimate of drug-likeness (QED) is 0.427. The fourth-order valence-corrected chi connectivity index (χ4v) is 4.04. The number of aryl methyl sites for hydroxylation is 2. The second kappa shape index (κ2) is 8.50. The van der Waals surface area contributed by atoms with Gasteiger partial charge in [0.2, 0.25) is 0 Å². The maximum absolute atomic E-state index is 15.0. The fourth-order valence-electron chi connectivity index (χ4n) is 4.04. The predicted molar refractivity (Wildman–Crippen MR) is 125 cm³/mol. The highest BCUT2D eigenvalue weighted by atomic mass is 19.1. The molecule has 0 spiro atoms. The molecule has 0 saturated carbocycles. The minimum atomic E-state index is -0.452. The number of nitrogens with zero attached hydrogens (tertiary/aromatic N) is 4. The van der Waals surface area contributed by atoms with Crippen LogP contribution in [0, 0.1) is 12.7 Å². The third-order valence-corrected chi connectivity index (χ3v) is 5.68. The molecule has 1 aliphatic heterocycles. The van der Waals surface area contributed by atoms with Crippen LogP contribution in [0.2, 0.25) is 0 Å². The predicted octanol–water partition coefficient (Wildman–Crippen LogP) is 5.17. The smallest absolute Gasteiger partial charge is 0.166 e. The molecule has 0 unspecified atom stereocenters. The lowest BCUT2D eigenvalue weighted by Gasteiger charge is -2.19. The van der Waals surface area contributed by atoms with Gasteiger partial charge in [0, 0.05) is 49.7 Å². The Labute approximate surface area is 191 Å². The van der Waals surface area contributed by atoms with E-state index in [1.165, 1.54) is 6.07 Å². The minimum absolute atomic E-state index is 0.139. The molecule has 0 N–H and O–H groups in total. The third kappa shape index (κ3) is 4.48. The number of rotatable bonds is 5. The molecule has 166 valence electrons. The van der Waals surface area contributed by atoms with Gasteiger partial charge in [0.15, 0.2) is 17.3 Å². The Morgan fingerprint density at radius 2 is 1.91 bits per heavy atom. The summed E-state index contributed by atoms with van der Waals surface area (Å²) >= 11 is 0. The molecule has 33 heavy (non-hydrogen) atoms. The van der Waals surface area contributed by atoms with Crippen molar-refractivity contribution in [1.29, 1.82) is 0 Å². The zero-order valence-electron chi connectivity index (χ0n) is 18.5. The molecule has 0 bridgehead atoms. The number of ketones is 1. The number of ether oxygens (including phenoxy) is 1. The van der Waals surface area contributed by atoms with Crippen LogP contribution in [0.4, 0.5) is 10.1 Å². The van der Waals surface area contributed by atoms with Gasteiger partial charge in [0.25, 0.3) is 0 Å². The molecule has 1 fully saturated rings. The first-order valence-electron chi connectivity index (χ1n) is 10.8. The molecule has 2 aromatic carbocycles. The van der Waals surface area contributed by atoms with E-state index in [9.17, 15) is 9.18 Å². The van der Waals surface area contributed by atoms with E-state index in [4.69, 9.17) is 4.74 Å².